The smallest absolute Gasteiger partial charge is 0.236 e. The molecule has 1 N–H and O–H groups in total. The Hall–Kier alpha value is -2.59. The first-order valence-electron chi connectivity index (χ1n) is 11.1. The second-order valence-corrected chi connectivity index (χ2v) is 11.7. The van der Waals surface area contributed by atoms with E-state index in [0.717, 1.165) is 11.3 Å². The second kappa shape index (κ2) is 11.2. The van der Waals surface area contributed by atoms with Gasteiger partial charge in [-0.25, -0.2) is 4.98 Å². The molecule has 0 aliphatic rings. The second-order valence-electron chi connectivity index (χ2n) is 9.02. The lowest BCUT2D eigenvalue weighted by atomic mass is 9.87. The average Bonchev–Trinajstić information content (AvgIpc) is 3.42. The molecule has 188 valence electrons. The van der Waals surface area contributed by atoms with Crippen molar-refractivity contribution < 1.29 is 9.53 Å². The van der Waals surface area contributed by atoms with Crippen molar-refractivity contribution in [2.75, 3.05) is 11.1 Å². The van der Waals surface area contributed by atoms with Crippen LogP contribution in [0.1, 0.15) is 32.2 Å². The van der Waals surface area contributed by atoms with Crippen LogP contribution in [0.5, 0.6) is 5.75 Å². The van der Waals surface area contributed by atoms with Crippen LogP contribution in [-0.2, 0) is 23.9 Å². The number of aromatic nitrogens is 4. The third kappa shape index (κ3) is 6.59. The fourth-order valence-corrected chi connectivity index (χ4v) is 5.19. The van der Waals surface area contributed by atoms with E-state index in [-0.39, 0.29) is 23.7 Å². The number of hydrogen-bond acceptors (Lipinski definition) is 7. The number of hydrogen-bond donors (Lipinski definition) is 1. The minimum atomic E-state index is -0.192. The molecule has 0 aliphatic carbocycles. The van der Waals surface area contributed by atoms with Crippen LogP contribution in [0.15, 0.2) is 53.0 Å². The van der Waals surface area contributed by atoms with E-state index in [0.29, 0.717) is 31.9 Å². The van der Waals surface area contributed by atoms with Gasteiger partial charge in [0.25, 0.3) is 0 Å². The molecular formula is C25H25Cl2N5O2S2. The predicted octanol–water partition coefficient (Wildman–Crippen LogP) is 6.85. The van der Waals surface area contributed by atoms with E-state index in [1.165, 1.54) is 28.7 Å². The van der Waals surface area contributed by atoms with Crippen molar-refractivity contribution in [1.29, 1.82) is 0 Å². The first kappa shape index (κ1) is 26.5. The first-order chi connectivity index (χ1) is 17.1. The average molecular weight is 563 g/mol. The summed E-state index contributed by atoms with van der Waals surface area (Å²) in [6, 6.07) is 13.3. The normalized spacial score (nSPS) is 11.5. The Labute approximate surface area is 228 Å². The van der Waals surface area contributed by atoms with Crippen molar-refractivity contribution in [3.63, 3.8) is 0 Å². The number of rotatable bonds is 8. The van der Waals surface area contributed by atoms with Crippen molar-refractivity contribution in [2.24, 2.45) is 7.05 Å². The fourth-order valence-electron chi connectivity index (χ4n) is 3.23. The van der Waals surface area contributed by atoms with Crippen LogP contribution in [0.25, 0.3) is 11.3 Å². The summed E-state index contributed by atoms with van der Waals surface area (Å²) in [4.78, 5) is 16.9. The summed E-state index contributed by atoms with van der Waals surface area (Å²) in [6.45, 7) is 6.80. The molecule has 11 heteroatoms. The number of thioether (sulfide) groups is 1. The van der Waals surface area contributed by atoms with Gasteiger partial charge in [-0.3, -0.25) is 4.79 Å². The molecule has 0 saturated carbocycles. The topological polar surface area (TPSA) is 81.9 Å². The van der Waals surface area contributed by atoms with Crippen LogP contribution in [0, 0.1) is 0 Å². The summed E-state index contributed by atoms with van der Waals surface area (Å²) in [6.07, 6.45) is 0. The van der Waals surface area contributed by atoms with E-state index < -0.39 is 0 Å². The molecule has 0 spiro atoms. The zero-order valence-electron chi connectivity index (χ0n) is 20.2. The Balaban J connectivity index is 1.29. The minimum absolute atomic E-state index is 0.0901. The summed E-state index contributed by atoms with van der Waals surface area (Å²) < 4.78 is 7.70. The van der Waals surface area contributed by atoms with Crippen LogP contribution in [0.2, 0.25) is 10.0 Å². The number of ether oxygens (including phenoxy) is 1. The number of amides is 1. The zero-order chi connectivity index (χ0) is 25.9. The van der Waals surface area contributed by atoms with Crippen LogP contribution in [-0.4, -0.2) is 31.4 Å². The van der Waals surface area contributed by atoms with Crippen molar-refractivity contribution in [1.82, 2.24) is 19.7 Å². The number of nitrogens with one attached hydrogen (secondary N) is 1. The van der Waals surface area contributed by atoms with E-state index >= 15 is 0 Å². The first-order valence-corrected chi connectivity index (χ1v) is 13.7. The fraction of sp³-hybridized carbons (Fsp3) is 0.280. The molecule has 0 atom stereocenters. The number of carbonyl (C=O) groups excluding carboxylic acids is 1. The molecule has 2 aromatic heterocycles. The van der Waals surface area contributed by atoms with Crippen molar-refractivity contribution in [3.8, 4) is 17.0 Å². The Bertz CT molecular complexity index is 1360. The molecule has 4 rings (SSSR count). The van der Waals surface area contributed by atoms with Gasteiger partial charge >= 0.3 is 0 Å². The molecule has 2 aromatic carbocycles. The van der Waals surface area contributed by atoms with Crippen LogP contribution >= 0.6 is 46.3 Å². The summed E-state index contributed by atoms with van der Waals surface area (Å²) in [5.74, 6) is 1.41. The van der Waals surface area contributed by atoms with Crippen molar-refractivity contribution >= 4 is 57.3 Å². The summed E-state index contributed by atoms with van der Waals surface area (Å²) in [5.41, 5.74) is 2.77. The molecule has 0 saturated heterocycles. The van der Waals surface area contributed by atoms with E-state index in [1.54, 1.807) is 18.2 Å². The number of nitrogens with zero attached hydrogens (tertiary/aromatic N) is 4. The highest BCUT2D eigenvalue weighted by atomic mass is 35.5. The molecular weight excluding hydrogens is 537 g/mol. The van der Waals surface area contributed by atoms with Crippen LogP contribution in [0.4, 0.5) is 5.13 Å². The van der Waals surface area contributed by atoms with Gasteiger partial charge < -0.3 is 14.6 Å². The Kier molecular flexibility index (Phi) is 8.24. The maximum Gasteiger partial charge on any atom is 0.236 e. The molecule has 0 unspecified atom stereocenters. The van der Waals surface area contributed by atoms with Crippen LogP contribution in [0.3, 0.4) is 0 Å². The highest BCUT2D eigenvalue weighted by molar-refractivity contribution is 7.99. The van der Waals surface area contributed by atoms with Gasteiger partial charge in [0.15, 0.2) is 16.1 Å². The summed E-state index contributed by atoms with van der Waals surface area (Å²) in [7, 11) is 1.85. The summed E-state index contributed by atoms with van der Waals surface area (Å²) >= 11 is 14.8. The van der Waals surface area contributed by atoms with E-state index in [2.05, 4.69) is 53.4 Å². The number of carbonyl (C=O) groups is 1. The molecule has 4 aromatic rings. The molecule has 2 heterocycles. The number of anilines is 1. The van der Waals surface area contributed by atoms with Gasteiger partial charge in [0.1, 0.15) is 12.4 Å². The van der Waals surface area contributed by atoms with E-state index in [9.17, 15) is 4.79 Å². The quantitative estimate of drug-likeness (QED) is 0.237. The molecule has 0 radical (unpaired) electrons. The van der Waals surface area contributed by atoms with Gasteiger partial charge in [-0.1, -0.05) is 67.9 Å². The van der Waals surface area contributed by atoms with E-state index in [4.69, 9.17) is 27.9 Å². The maximum absolute atomic E-state index is 12.5. The van der Waals surface area contributed by atoms with Gasteiger partial charge in [-0.05, 0) is 41.3 Å². The van der Waals surface area contributed by atoms with Gasteiger partial charge in [-0.2, -0.15) is 0 Å². The summed E-state index contributed by atoms with van der Waals surface area (Å²) in [5, 5.41) is 15.2. The van der Waals surface area contributed by atoms with Gasteiger partial charge in [0.2, 0.25) is 5.91 Å². The molecule has 0 aliphatic heterocycles. The molecule has 0 fully saturated rings. The lowest BCUT2D eigenvalue weighted by molar-refractivity contribution is -0.113. The van der Waals surface area contributed by atoms with E-state index in [1.807, 2.05) is 29.1 Å². The Morgan fingerprint density at radius 2 is 1.89 bits per heavy atom. The van der Waals surface area contributed by atoms with Crippen molar-refractivity contribution in [3.05, 3.63) is 69.3 Å². The number of halogens is 2. The van der Waals surface area contributed by atoms with Gasteiger partial charge in [0.05, 0.1) is 16.5 Å². The van der Waals surface area contributed by atoms with Crippen LogP contribution < -0.4 is 10.1 Å². The molecule has 0 bridgehead atoms. The minimum Gasteiger partial charge on any atom is -0.486 e. The molecule has 7 nitrogen and oxygen atoms in total. The molecule has 1 amide bonds. The predicted molar refractivity (Wildman–Crippen MR) is 147 cm³/mol. The number of benzene rings is 2. The van der Waals surface area contributed by atoms with Gasteiger partial charge in [0, 0.05) is 23.0 Å². The third-order valence-electron chi connectivity index (χ3n) is 5.30. The monoisotopic (exact) mass is 561 g/mol. The van der Waals surface area contributed by atoms with Crippen molar-refractivity contribution in [2.45, 2.75) is 37.9 Å². The largest absolute Gasteiger partial charge is 0.486 e. The lowest BCUT2D eigenvalue weighted by Gasteiger charge is -2.19. The highest BCUT2D eigenvalue weighted by Gasteiger charge is 2.16. The Morgan fingerprint density at radius 1 is 1.14 bits per heavy atom. The zero-order valence-corrected chi connectivity index (χ0v) is 23.4. The third-order valence-corrected chi connectivity index (χ3v) is 7.63. The lowest BCUT2D eigenvalue weighted by Crippen LogP contribution is -2.14. The maximum atomic E-state index is 12.5. The Morgan fingerprint density at radius 3 is 2.58 bits per heavy atom. The standard InChI is InChI=1S/C25H25Cl2N5O2S2/c1-25(2,3)15-5-8-17(9-6-15)34-12-21-30-31-24(32(21)4)36-14-22(33)29-23-28-20(13-35-23)18-10-7-16(26)11-19(18)27/h5-11,13H,12,14H2,1-4H3,(H,28,29,33). The van der Waals surface area contributed by atoms with Gasteiger partial charge in [-0.15, -0.1) is 21.5 Å². The molecule has 36 heavy (non-hydrogen) atoms. The number of thiazole rings is 1. The SMILES string of the molecule is Cn1c(COc2ccc(C(C)(C)C)cc2)nnc1SCC(=O)Nc1nc(-c2ccc(Cl)cc2Cl)cs1. The highest BCUT2D eigenvalue weighted by Crippen LogP contribution is 2.32.